The summed E-state index contributed by atoms with van der Waals surface area (Å²) in [6.07, 6.45) is 8.90. The second-order valence-electron chi connectivity index (χ2n) is 4.17. The van der Waals surface area contributed by atoms with Gasteiger partial charge in [-0.15, -0.1) is 0 Å². The van der Waals surface area contributed by atoms with Crippen molar-refractivity contribution in [2.45, 2.75) is 26.3 Å². The van der Waals surface area contributed by atoms with Crippen molar-refractivity contribution in [3.05, 3.63) is 30.6 Å². The Morgan fingerprint density at radius 1 is 1.32 bits per heavy atom. The minimum Gasteiger partial charge on any atom is -0.368 e. The number of hydrogen-bond acceptors (Lipinski definition) is 6. The van der Waals surface area contributed by atoms with Gasteiger partial charge >= 0.3 is 0 Å². The van der Waals surface area contributed by atoms with Crippen LogP contribution < -0.4 is 16.6 Å². The van der Waals surface area contributed by atoms with Crippen molar-refractivity contribution in [1.82, 2.24) is 19.5 Å². The van der Waals surface area contributed by atoms with Gasteiger partial charge in [0.1, 0.15) is 18.0 Å². The Hall–Kier alpha value is -2.15. The molecule has 0 aliphatic carbocycles. The summed E-state index contributed by atoms with van der Waals surface area (Å²) in [5.41, 5.74) is 3.64. The lowest BCUT2D eigenvalue weighted by Crippen LogP contribution is -2.16. The minimum atomic E-state index is 0.682. The van der Waals surface area contributed by atoms with E-state index in [0.717, 1.165) is 37.3 Å². The number of rotatable bonds is 7. The number of nitrogens with two attached hydrogens (primary N) is 1. The maximum atomic E-state index is 5.48. The lowest BCUT2D eigenvalue weighted by atomic mass is 10.1. The van der Waals surface area contributed by atoms with Gasteiger partial charge in [0.15, 0.2) is 0 Å². The van der Waals surface area contributed by atoms with Crippen LogP contribution >= 0.6 is 0 Å². The van der Waals surface area contributed by atoms with Crippen molar-refractivity contribution >= 4 is 11.6 Å². The van der Waals surface area contributed by atoms with E-state index in [0.29, 0.717) is 5.82 Å². The highest BCUT2D eigenvalue weighted by Gasteiger charge is 2.09. The molecule has 0 unspecified atom stereocenters. The van der Waals surface area contributed by atoms with Crippen molar-refractivity contribution in [1.29, 1.82) is 0 Å². The number of nitrogen functional groups attached to an aromatic ring is 1. The summed E-state index contributed by atoms with van der Waals surface area (Å²) in [7, 11) is 0. The van der Waals surface area contributed by atoms with Gasteiger partial charge in [0.25, 0.3) is 0 Å². The first-order valence-electron chi connectivity index (χ1n) is 6.35. The highest BCUT2D eigenvalue weighted by molar-refractivity contribution is 5.56. The molecule has 102 valence electrons. The van der Waals surface area contributed by atoms with Crippen LogP contribution in [0.3, 0.4) is 0 Å². The quantitative estimate of drug-likeness (QED) is 0.509. The third kappa shape index (κ3) is 3.41. The smallest absolute Gasteiger partial charge is 0.148 e. The first-order chi connectivity index (χ1) is 9.35. The van der Waals surface area contributed by atoms with Gasteiger partial charge in [-0.1, -0.05) is 13.3 Å². The van der Waals surface area contributed by atoms with E-state index < -0.39 is 0 Å². The van der Waals surface area contributed by atoms with Crippen molar-refractivity contribution in [3.8, 4) is 0 Å². The molecule has 4 N–H and O–H groups in total. The number of nitrogens with one attached hydrogen (secondary N) is 2. The fraction of sp³-hybridized carbons (Fsp3) is 0.417. The normalized spacial score (nSPS) is 10.4. The highest BCUT2D eigenvalue weighted by Crippen LogP contribution is 2.20. The van der Waals surface area contributed by atoms with E-state index in [1.54, 1.807) is 12.5 Å². The van der Waals surface area contributed by atoms with Crippen molar-refractivity contribution in [3.63, 3.8) is 0 Å². The van der Waals surface area contributed by atoms with Crippen LogP contribution in [0.1, 0.15) is 18.9 Å². The number of anilines is 2. The number of aromatic nitrogens is 4. The first-order valence-corrected chi connectivity index (χ1v) is 6.35. The maximum Gasteiger partial charge on any atom is 0.148 e. The summed E-state index contributed by atoms with van der Waals surface area (Å²) in [5, 5.41) is 3.32. The molecule has 19 heavy (non-hydrogen) atoms. The average Bonchev–Trinajstić information content (AvgIpc) is 2.94. The molecular formula is C12H19N7. The lowest BCUT2D eigenvalue weighted by molar-refractivity contribution is 0.723. The Balaban J connectivity index is 2.02. The minimum absolute atomic E-state index is 0.682. The molecule has 2 aromatic rings. The molecule has 2 rings (SSSR count). The molecule has 0 aliphatic rings. The van der Waals surface area contributed by atoms with E-state index in [4.69, 9.17) is 5.84 Å². The molecule has 7 heteroatoms. The Labute approximate surface area is 112 Å². The SMILES string of the molecule is CCCc1c(NN)ncnc1NCCn1ccnc1. The highest BCUT2D eigenvalue weighted by atomic mass is 15.3. The van der Waals surface area contributed by atoms with Gasteiger partial charge in [-0.2, -0.15) is 0 Å². The third-order valence-corrected chi connectivity index (χ3v) is 2.80. The lowest BCUT2D eigenvalue weighted by Gasteiger charge is -2.13. The summed E-state index contributed by atoms with van der Waals surface area (Å²) >= 11 is 0. The Morgan fingerprint density at radius 2 is 2.16 bits per heavy atom. The number of imidazole rings is 1. The van der Waals surface area contributed by atoms with Crippen LogP contribution in [-0.2, 0) is 13.0 Å². The van der Waals surface area contributed by atoms with E-state index in [2.05, 4.69) is 32.6 Å². The van der Waals surface area contributed by atoms with Gasteiger partial charge in [-0.3, -0.25) is 0 Å². The van der Waals surface area contributed by atoms with E-state index in [-0.39, 0.29) is 0 Å². The molecule has 2 aromatic heterocycles. The zero-order valence-electron chi connectivity index (χ0n) is 11.0. The van der Waals surface area contributed by atoms with E-state index >= 15 is 0 Å². The van der Waals surface area contributed by atoms with Crippen molar-refractivity contribution in [2.24, 2.45) is 5.84 Å². The van der Waals surface area contributed by atoms with Gasteiger partial charge in [0, 0.05) is 31.0 Å². The molecule has 0 saturated heterocycles. The fourth-order valence-corrected chi connectivity index (χ4v) is 1.90. The zero-order chi connectivity index (χ0) is 13.5. The average molecular weight is 261 g/mol. The Kier molecular flexibility index (Phi) is 4.68. The largest absolute Gasteiger partial charge is 0.368 e. The molecule has 0 aliphatic heterocycles. The summed E-state index contributed by atoms with van der Waals surface area (Å²) in [5.74, 6) is 7.00. The predicted octanol–water partition coefficient (Wildman–Crippen LogP) is 1.02. The second kappa shape index (κ2) is 6.69. The topological polar surface area (TPSA) is 93.7 Å². The van der Waals surface area contributed by atoms with Crippen LogP contribution in [0.15, 0.2) is 25.0 Å². The second-order valence-corrected chi connectivity index (χ2v) is 4.17. The van der Waals surface area contributed by atoms with Crippen LogP contribution in [-0.4, -0.2) is 26.1 Å². The summed E-state index contributed by atoms with van der Waals surface area (Å²) in [6.45, 7) is 3.72. The van der Waals surface area contributed by atoms with Gasteiger partial charge < -0.3 is 15.3 Å². The summed E-state index contributed by atoms with van der Waals surface area (Å²) < 4.78 is 2.01. The molecule has 2 heterocycles. The van der Waals surface area contributed by atoms with Crippen LogP contribution in [0.2, 0.25) is 0 Å². The van der Waals surface area contributed by atoms with Gasteiger partial charge in [-0.25, -0.2) is 20.8 Å². The zero-order valence-corrected chi connectivity index (χ0v) is 11.0. The Bertz CT molecular complexity index is 495. The molecule has 0 fully saturated rings. The molecule has 0 bridgehead atoms. The molecule has 0 saturated carbocycles. The van der Waals surface area contributed by atoms with Gasteiger partial charge in [0.2, 0.25) is 0 Å². The number of nitrogens with zero attached hydrogens (tertiary/aromatic N) is 4. The fourth-order valence-electron chi connectivity index (χ4n) is 1.90. The standard InChI is InChI=1S/C12H19N7/c1-2-3-10-11(16-8-17-12(10)18-13)15-5-7-19-6-4-14-9-19/h4,6,8-9H,2-3,5,7,13H2,1H3,(H2,15,16,17,18). The molecular weight excluding hydrogens is 242 g/mol. The van der Waals surface area contributed by atoms with Gasteiger partial charge in [0.05, 0.1) is 6.33 Å². The third-order valence-electron chi connectivity index (χ3n) is 2.80. The Morgan fingerprint density at radius 3 is 2.84 bits per heavy atom. The molecule has 7 nitrogen and oxygen atoms in total. The van der Waals surface area contributed by atoms with Crippen molar-refractivity contribution < 1.29 is 0 Å². The molecule has 0 amide bonds. The number of hydrogen-bond donors (Lipinski definition) is 3. The predicted molar refractivity (Wildman–Crippen MR) is 74.6 cm³/mol. The molecule has 0 aromatic carbocycles. The number of hydrazine groups is 1. The first kappa shape index (κ1) is 13.3. The summed E-state index contributed by atoms with van der Waals surface area (Å²) in [4.78, 5) is 12.4. The maximum absolute atomic E-state index is 5.48. The summed E-state index contributed by atoms with van der Waals surface area (Å²) in [6, 6.07) is 0. The molecule has 0 atom stereocenters. The van der Waals surface area contributed by atoms with E-state index in [1.807, 2.05) is 10.8 Å². The van der Waals surface area contributed by atoms with Crippen LogP contribution in [0, 0.1) is 0 Å². The van der Waals surface area contributed by atoms with E-state index in [1.165, 1.54) is 6.33 Å². The monoisotopic (exact) mass is 261 g/mol. The van der Waals surface area contributed by atoms with E-state index in [9.17, 15) is 0 Å². The van der Waals surface area contributed by atoms with Crippen LogP contribution in [0.4, 0.5) is 11.6 Å². The van der Waals surface area contributed by atoms with Crippen LogP contribution in [0.25, 0.3) is 0 Å². The van der Waals surface area contributed by atoms with Gasteiger partial charge in [-0.05, 0) is 6.42 Å². The molecule has 0 spiro atoms. The molecule has 0 radical (unpaired) electrons. The van der Waals surface area contributed by atoms with Crippen molar-refractivity contribution in [2.75, 3.05) is 17.3 Å². The van der Waals surface area contributed by atoms with Crippen LogP contribution in [0.5, 0.6) is 0 Å².